The Kier molecular flexibility index (Phi) is 5.67. The molecule has 4 rings (SSSR count). The monoisotopic (exact) mass is 455 g/mol. The number of alkyl halides is 3. The van der Waals surface area contributed by atoms with Crippen LogP contribution in [-0.2, 0) is 13.2 Å². The lowest BCUT2D eigenvalue weighted by Gasteiger charge is -2.13. The fourth-order valence-electron chi connectivity index (χ4n) is 3.27. The van der Waals surface area contributed by atoms with Gasteiger partial charge >= 0.3 is 6.18 Å². The summed E-state index contributed by atoms with van der Waals surface area (Å²) in [5.74, 6) is 0.873. The summed E-state index contributed by atoms with van der Waals surface area (Å²) in [5, 5.41) is 2.78. The summed E-state index contributed by atoms with van der Waals surface area (Å²) >= 11 is 0. The number of aromatic nitrogens is 3. The number of pyridine rings is 1. The van der Waals surface area contributed by atoms with Crippen LogP contribution in [0.4, 0.5) is 24.8 Å². The highest BCUT2D eigenvalue weighted by atomic mass is 19.4. The number of nitrogens with one attached hydrogen (secondary N) is 1. The van der Waals surface area contributed by atoms with Crippen molar-refractivity contribution in [2.45, 2.75) is 6.18 Å². The van der Waals surface area contributed by atoms with E-state index in [4.69, 9.17) is 4.74 Å². The second-order valence-electron chi connectivity index (χ2n) is 7.49. The molecular weight excluding hydrogens is 435 g/mol. The first-order chi connectivity index (χ1) is 15.6. The lowest BCUT2D eigenvalue weighted by molar-refractivity contribution is -0.136. The van der Waals surface area contributed by atoms with Gasteiger partial charge in [0.05, 0.1) is 22.3 Å². The number of benzene rings is 2. The van der Waals surface area contributed by atoms with Crippen LogP contribution in [0.1, 0.15) is 16.1 Å². The number of fused-ring (bicyclic) bond motifs is 1. The van der Waals surface area contributed by atoms with Crippen molar-refractivity contribution >= 4 is 28.6 Å². The Bertz CT molecular complexity index is 1330. The fraction of sp³-hybridized carbons (Fsp3) is 0.174. The topological polar surface area (TPSA) is 72.3 Å². The number of amides is 1. The lowest BCUT2D eigenvalue weighted by atomic mass is 10.1. The van der Waals surface area contributed by atoms with E-state index in [1.54, 1.807) is 50.0 Å². The molecule has 0 aliphatic heterocycles. The van der Waals surface area contributed by atoms with Gasteiger partial charge in [0.1, 0.15) is 17.2 Å². The molecule has 0 spiro atoms. The van der Waals surface area contributed by atoms with Crippen LogP contribution in [0.3, 0.4) is 0 Å². The number of aryl methyl sites for hydroxylation is 1. The molecule has 10 heteroatoms. The van der Waals surface area contributed by atoms with Gasteiger partial charge in [0.25, 0.3) is 5.91 Å². The molecule has 2 aromatic heterocycles. The van der Waals surface area contributed by atoms with E-state index >= 15 is 0 Å². The summed E-state index contributed by atoms with van der Waals surface area (Å²) in [6.45, 7) is 0. The van der Waals surface area contributed by atoms with Crippen LogP contribution in [0, 0.1) is 0 Å². The van der Waals surface area contributed by atoms with Gasteiger partial charge in [-0.3, -0.25) is 9.78 Å². The summed E-state index contributed by atoms with van der Waals surface area (Å²) in [7, 11) is 4.97. The number of imidazole rings is 1. The van der Waals surface area contributed by atoms with Crippen molar-refractivity contribution in [1.82, 2.24) is 19.4 Å². The Hall–Kier alpha value is -4.08. The minimum absolute atomic E-state index is 0.0882. The molecule has 1 amide bonds. The first kappa shape index (κ1) is 22.1. The molecule has 0 aliphatic carbocycles. The number of anilines is 2. The van der Waals surface area contributed by atoms with Gasteiger partial charge < -0.3 is 19.5 Å². The molecular formula is C23H20F3N5O2. The van der Waals surface area contributed by atoms with E-state index < -0.39 is 11.7 Å². The predicted molar refractivity (Wildman–Crippen MR) is 118 cm³/mol. The fourth-order valence-corrected chi connectivity index (χ4v) is 3.27. The molecule has 4 aromatic rings. The molecule has 0 fully saturated rings. The molecule has 0 radical (unpaired) electrons. The number of carbonyl (C=O) groups is 1. The SMILES string of the molecule is CN(C)C(=O)c1cc(Oc2ccc3c(c2)nc(Nc2ccccc2C(F)(F)F)n3C)ccn1. The number of hydrogen-bond donors (Lipinski definition) is 1. The van der Waals surface area contributed by atoms with Crippen molar-refractivity contribution < 1.29 is 22.7 Å². The third-order valence-corrected chi connectivity index (χ3v) is 4.92. The molecule has 2 aromatic carbocycles. The van der Waals surface area contributed by atoms with E-state index in [-0.39, 0.29) is 23.2 Å². The molecule has 7 nitrogen and oxygen atoms in total. The summed E-state index contributed by atoms with van der Waals surface area (Å²) < 4.78 is 47.5. The first-order valence-corrected chi connectivity index (χ1v) is 9.89. The van der Waals surface area contributed by atoms with Crippen LogP contribution in [0.5, 0.6) is 11.5 Å². The number of para-hydroxylation sites is 1. The Morgan fingerprint density at radius 3 is 2.52 bits per heavy atom. The number of nitrogens with zero attached hydrogens (tertiary/aromatic N) is 4. The quantitative estimate of drug-likeness (QED) is 0.447. The summed E-state index contributed by atoms with van der Waals surface area (Å²) in [6, 6.07) is 13.5. The molecule has 33 heavy (non-hydrogen) atoms. The number of ether oxygens (including phenoxy) is 1. The molecule has 1 N–H and O–H groups in total. The standard InChI is InChI=1S/C23H20F3N5O2/c1-30(2)21(32)19-13-15(10-11-27-19)33-14-8-9-20-18(12-14)29-22(31(20)3)28-17-7-5-4-6-16(17)23(24,25)26/h4-13H,1-3H3,(H,28,29). The third-order valence-electron chi connectivity index (χ3n) is 4.92. The summed E-state index contributed by atoms with van der Waals surface area (Å²) in [5.41, 5.74) is 0.607. The first-order valence-electron chi connectivity index (χ1n) is 9.89. The van der Waals surface area contributed by atoms with Gasteiger partial charge in [0.15, 0.2) is 0 Å². The van der Waals surface area contributed by atoms with Crippen molar-refractivity contribution in [2.75, 3.05) is 19.4 Å². The van der Waals surface area contributed by atoms with Gasteiger partial charge in [-0.1, -0.05) is 12.1 Å². The van der Waals surface area contributed by atoms with Crippen LogP contribution in [-0.4, -0.2) is 39.4 Å². The molecule has 0 atom stereocenters. The van der Waals surface area contributed by atoms with E-state index in [0.717, 1.165) is 6.07 Å². The average molecular weight is 455 g/mol. The van der Waals surface area contributed by atoms with Crippen LogP contribution >= 0.6 is 0 Å². The van der Waals surface area contributed by atoms with E-state index in [0.29, 0.717) is 22.5 Å². The maximum absolute atomic E-state index is 13.3. The maximum atomic E-state index is 13.3. The van der Waals surface area contributed by atoms with Crippen molar-refractivity contribution in [3.05, 3.63) is 72.1 Å². The van der Waals surface area contributed by atoms with Gasteiger partial charge in [-0.2, -0.15) is 13.2 Å². The Morgan fingerprint density at radius 2 is 1.79 bits per heavy atom. The molecule has 170 valence electrons. The van der Waals surface area contributed by atoms with E-state index in [9.17, 15) is 18.0 Å². The molecule has 2 heterocycles. The summed E-state index contributed by atoms with van der Waals surface area (Å²) in [4.78, 5) is 22.0. The van der Waals surface area contributed by atoms with E-state index in [1.807, 2.05) is 0 Å². The van der Waals surface area contributed by atoms with Crippen molar-refractivity contribution in [3.63, 3.8) is 0 Å². The normalized spacial score (nSPS) is 11.5. The highest BCUT2D eigenvalue weighted by molar-refractivity contribution is 5.92. The number of halogens is 3. The molecule has 0 saturated carbocycles. The molecule has 0 saturated heterocycles. The number of hydrogen-bond acceptors (Lipinski definition) is 5. The Labute approximate surface area is 187 Å². The summed E-state index contributed by atoms with van der Waals surface area (Å²) in [6.07, 6.45) is -3.02. The van der Waals surface area contributed by atoms with Crippen LogP contribution in [0.2, 0.25) is 0 Å². The van der Waals surface area contributed by atoms with Gasteiger partial charge in [0, 0.05) is 39.5 Å². The minimum atomic E-state index is -4.49. The van der Waals surface area contributed by atoms with Crippen molar-refractivity contribution in [1.29, 1.82) is 0 Å². The molecule has 0 unspecified atom stereocenters. The van der Waals surface area contributed by atoms with Crippen LogP contribution in [0.15, 0.2) is 60.8 Å². The number of carbonyl (C=O) groups excluding carboxylic acids is 1. The molecule has 0 aliphatic rings. The Balaban J connectivity index is 1.62. The lowest BCUT2D eigenvalue weighted by Crippen LogP contribution is -2.22. The maximum Gasteiger partial charge on any atom is 0.418 e. The smallest absolute Gasteiger partial charge is 0.418 e. The number of rotatable bonds is 5. The van der Waals surface area contributed by atoms with Gasteiger partial charge in [-0.05, 0) is 30.3 Å². The zero-order valence-electron chi connectivity index (χ0n) is 18.0. The van der Waals surface area contributed by atoms with E-state index in [2.05, 4.69) is 15.3 Å². The van der Waals surface area contributed by atoms with Gasteiger partial charge in [-0.15, -0.1) is 0 Å². The molecule has 0 bridgehead atoms. The predicted octanol–water partition coefficient (Wildman–Crippen LogP) is 5.22. The third kappa shape index (κ3) is 4.59. The largest absolute Gasteiger partial charge is 0.457 e. The minimum Gasteiger partial charge on any atom is -0.457 e. The van der Waals surface area contributed by atoms with Crippen molar-refractivity contribution in [2.24, 2.45) is 7.05 Å². The highest BCUT2D eigenvalue weighted by Crippen LogP contribution is 2.36. The average Bonchev–Trinajstić information content (AvgIpc) is 3.07. The van der Waals surface area contributed by atoms with Gasteiger partial charge in [-0.25, -0.2) is 4.98 Å². The van der Waals surface area contributed by atoms with Crippen LogP contribution < -0.4 is 10.1 Å². The van der Waals surface area contributed by atoms with Crippen LogP contribution in [0.25, 0.3) is 11.0 Å². The second-order valence-corrected chi connectivity index (χ2v) is 7.49. The Morgan fingerprint density at radius 1 is 1.06 bits per heavy atom. The van der Waals surface area contributed by atoms with Gasteiger partial charge in [0.2, 0.25) is 5.95 Å². The van der Waals surface area contributed by atoms with Crippen molar-refractivity contribution in [3.8, 4) is 11.5 Å². The highest BCUT2D eigenvalue weighted by Gasteiger charge is 2.33. The van der Waals surface area contributed by atoms with E-state index in [1.165, 1.54) is 35.4 Å². The second kappa shape index (κ2) is 8.45. The zero-order valence-corrected chi connectivity index (χ0v) is 18.0. The zero-order chi connectivity index (χ0) is 23.8.